The molecule has 1 aromatic carbocycles. The van der Waals surface area contributed by atoms with Gasteiger partial charge in [0.1, 0.15) is 0 Å². The lowest BCUT2D eigenvalue weighted by molar-refractivity contribution is -0.142. The minimum atomic E-state index is 0.102. The monoisotopic (exact) mass is 315 g/mol. The second-order valence-corrected chi connectivity index (χ2v) is 7.09. The fraction of sp³-hybridized carbons (Fsp3) is 0.632. The van der Waals surface area contributed by atoms with Gasteiger partial charge >= 0.3 is 0 Å². The van der Waals surface area contributed by atoms with Gasteiger partial charge in [0.15, 0.2) is 0 Å². The molecule has 1 atom stereocenters. The number of likely N-dealkylation sites (tertiary alicyclic amines) is 1. The molecule has 0 bridgehead atoms. The SMILES string of the molecule is Cc1ccccc1N1CCN(C2CCCN(C(C)C)C2=O)CC1. The molecule has 2 aliphatic heterocycles. The molecular weight excluding hydrogens is 286 g/mol. The number of aryl methyl sites for hydroxylation is 1. The molecule has 0 radical (unpaired) electrons. The molecule has 3 rings (SSSR count). The van der Waals surface area contributed by atoms with Crippen LogP contribution in [-0.2, 0) is 4.79 Å². The van der Waals surface area contributed by atoms with Gasteiger partial charge < -0.3 is 9.80 Å². The highest BCUT2D eigenvalue weighted by atomic mass is 16.2. The van der Waals surface area contributed by atoms with E-state index in [-0.39, 0.29) is 6.04 Å². The number of para-hydroxylation sites is 1. The maximum atomic E-state index is 12.7. The topological polar surface area (TPSA) is 26.8 Å². The number of rotatable bonds is 3. The van der Waals surface area contributed by atoms with Crippen molar-refractivity contribution in [3.05, 3.63) is 29.8 Å². The maximum absolute atomic E-state index is 12.7. The van der Waals surface area contributed by atoms with E-state index in [4.69, 9.17) is 0 Å². The van der Waals surface area contributed by atoms with Crippen molar-refractivity contribution in [3.63, 3.8) is 0 Å². The summed E-state index contributed by atoms with van der Waals surface area (Å²) >= 11 is 0. The predicted octanol–water partition coefficient (Wildman–Crippen LogP) is 2.52. The summed E-state index contributed by atoms with van der Waals surface area (Å²) < 4.78 is 0. The molecule has 4 heteroatoms. The normalized spacial score (nSPS) is 23.7. The van der Waals surface area contributed by atoms with Crippen molar-refractivity contribution in [2.75, 3.05) is 37.6 Å². The summed E-state index contributed by atoms with van der Waals surface area (Å²) in [6.07, 6.45) is 2.15. The van der Waals surface area contributed by atoms with E-state index in [1.807, 2.05) is 0 Å². The van der Waals surface area contributed by atoms with E-state index in [0.29, 0.717) is 11.9 Å². The van der Waals surface area contributed by atoms with Gasteiger partial charge in [0.25, 0.3) is 0 Å². The molecule has 1 unspecified atom stereocenters. The van der Waals surface area contributed by atoms with E-state index in [0.717, 1.165) is 45.6 Å². The lowest BCUT2D eigenvalue weighted by Crippen LogP contribution is -2.58. The summed E-state index contributed by atoms with van der Waals surface area (Å²) in [5.41, 5.74) is 2.67. The van der Waals surface area contributed by atoms with Gasteiger partial charge in [-0.05, 0) is 45.2 Å². The fourth-order valence-corrected chi connectivity index (χ4v) is 3.92. The molecule has 0 aromatic heterocycles. The van der Waals surface area contributed by atoms with Crippen LogP contribution in [0.1, 0.15) is 32.3 Å². The number of hydrogen-bond acceptors (Lipinski definition) is 3. The fourth-order valence-electron chi connectivity index (χ4n) is 3.92. The summed E-state index contributed by atoms with van der Waals surface area (Å²) in [4.78, 5) is 19.7. The molecule has 2 fully saturated rings. The van der Waals surface area contributed by atoms with Crippen LogP contribution < -0.4 is 4.90 Å². The van der Waals surface area contributed by atoms with Gasteiger partial charge in [-0.1, -0.05) is 18.2 Å². The number of carbonyl (C=O) groups is 1. The Balaban J connectivity index is 1.63. The number of nitrogens with zero attached hydrogens (tertiary/aromatic N) is 3. The zero-order valence-electron chi connectivity index (χ0n) is 14.7. The van der Waals surface area contributed by atoms with E-state index in [1.165, 1.54) is 11.3 Å². The summed E-state index contributed by atoms with van der Waals surface area (Å²) in [6, 6.07) is 9.00. The Morgan fingerprint density at radius 3 is 2.39 bits per heavy atom. The molecule has 23 heavy (non-hydrogen) atoms. The van der Waals surface area contributed by atoms with E-state index in [1.54, 1.807) is 0 Å². The molecule has 2 aliphatic rings. The van der Waals surface area contributed by atoms with Crippen LogP contribution in [0.25, 0.3) is 0 Å². The Morgan fingerprint density at radius 2 is 1.74 bits per heavy atom. The van der Waals surface area contributed by atoms with Crippen molar-refractivity contribution in [2.45, 2.75) is 45.7 Å². The number of amides is 1. The zero-order valence-corrected chi connectivity index (χ0v) is 14.7. The summed E-state index contributed by atoms with van der Waals surface area (Å²) in [5, 5.41) is 0. The minimum absolute atomic E-state index is 0.102. The molecular formula is C19H29N3O. The molecule has 0 aliphatic carbocycles. The van der Waals surface area contributed by atoms with Crippen LogP contribution in [0.3, 0.4) is 0 Å². The van der Waals surface area contributed by atoms with E-state index >= 15 is 0 Å². The van der Waals surface area contributed by atoms with E-state index in [9.17, 15) is 4.79 Å². The first kappa shape index (κ1) is 16.3. The van der Waals surface area contributed by atoms with Gasteiger partial charge in [0.05, 0.1) is 6.04 Å². The van der Waals surface area contributed by atoms with Crippen molar-refractivity contribution in [2.24, 2.45) is 0 Å². The lowest BCUT2D eigenvalue weighted by Gasteiger charge is -2.44. The summed E-state index contributed by atoms with van der Waals surface area (Å²) in [5.74, 6) is 0.343. The second kappa shape index (κ2) is 6.91. The van der Waals surface area contributed by atoms with Crippen molar-refractivity contribution < 1.29 is 4.79 Å². The van der Waals surface area contributed by atoms with Gasteiger partial charge in [0, 0.05) is 44.5 Å². The van der Waals surface area contributed by atoms with E-state index in [2.05, 4.69) is 59.7 Å². The average molecular weight is 315 g/mol. The van der Waals surface area contributed by atoms with Crippen molar-refractivity contribution in [3.8, 4) is 0 Å². The second-order valence-electron chi connectivity index (χ2n) is 7.09. The van der Waals surface area contributed by atoms with Crippen LogP contribution in [0, 0.1) is 6.92 Å². The molecule has 2 saturated heterocycles. The Morgan fingerprint density at radius 1 is 1.04 bits per heavy atom. The number of piperidine rings is 1. The van der Waals surface area contributed by atoms with Crippen LogP contribution in [0.15, 0.2) is 24.3 Å². The number of anilines is 1. The first-order valence-electron chi connectivity index (χ1n) is 8.93. The molecule has 1 aromatic rings. The third kappa shape index (κ3) is 3.37. The first-order valence-corrected chi connectivity index (χ1v) is 8.93. The molecule has 0 N–H and O–H groups in total. The van der Waals surface area contributed by atoms with Gasteiger partial charge in [0.2, 0.25) is 5.91 Å². The molecule has 0 saturated carbocycles. The Bertz CT molecular complexity index is 549. The van der Waals surface area contributed by atoms with Crippen molar-refractivity contribution in [1.82, 2.24) is 9.80 Å². The van der Waals surface area contributed by atoms with Crippen LogP contribution in [-0.4, -0.2) is 60.5 Å². The van der Waals surface area contributed by atoms with Gasteiger partial charge in [-0.3, -0.25) is 9.69 Å². The largest absolute Gasteiger partial charge is 0.369 e. The number of benzene rings is 1. The first-order chi connectivity index (χ1) is 11.1. The predicted molar refractivity (Wildman–Crippen MR) is 94.8 cm³/mol. The third-order valence-corrected chi connectivity index (χ3v) is 5.28. The molecule has 2 heterocycles. The van der Waals surface area contributed by atoms with Crippen molar-refractivity contribution in [1.29, 1.82) is 0 Å². The Labute approximate surface area is 140 Å². The number of carbonyl (C=O) groups excluding carboxylic acids is 1. The minimum Gasteiger partial charge on any atom is -0.369 e. The maximum Gasteiger partial charge on any atom is 0.240 e. The number of hydrogen-bond donors (Lipinski definition) is 0. The highest BCUT2D eigenvalue weighted by molar-refractivity contribution is 5.83. The molecule has 1 amide bonds. The highest BCUT2D eigenvalue weighted by Crippen LogP contribution is 2.24. The van der Waals surface area contributed by atoms with Gasteiger partial charge in [-0.15, -0.1) is 0 Å². The lowest BCUT2D eigenvalue weighted by atomic mass is 10.0. The number of piperazine rings is 1. The van der Waals surface area contributed by atoms with Gasteiger partial charge in [-0.25, -0.2) is 0 Å². The Hall–Kier alpha value is -1.55. The highest BCUT2D eigenvalue weighted by Gasteiger charge is 2.35. The third-order valence-electron chi connectivity index (χ3n) is 5.28. The van der Waals surface area contributed by atoms with Crippen LogP contribution in [0.4, 0.5) is 5.69 Å². The van der Waals surface area contributed by atoms with Crippen LogP contribution in [0.5, 0.6) is 0 Å². The average Bonchev–Trinajstić information content (AvgIpc) is 2.55. The van der Waals surface area contributed by atoms with Crippen LogP contribution in [0.2, 0.25) is 0 Å². The van der Waals surface area contributed by atoms with Crippen molar-refractivity contribution >= 4 is 11.6 Å². The summed E-state index contributed by atoms with van der Waals surface area (Å²) in [6.45, 7) is 11.3. The van der Waals surface area contributed by atoms with Gasteiger partial charge in [-0.2, -0.15) is 0 Å². The zero-order chi connectivity index (χ0) is 16.4. The molecule has 0 spiro atoms. The quantitative estimate of drug-likeness (QED) is 0.857. The van der Waals surface area contributed by atoms with Crippen LogP contribution >= 0.6 is 0 Å². The van der Waals surface area contributed by atoms with E-state index < -0.39 is 0 Å². The molecule has 4 nitrogen and oxygen atoms in total. The Kier molecular flexibility index (Phi) is 4.90. The summed E-state index contributed by atoms with van der Waals surface area (Å²) in [7, 11) is 0. The molecule has 126 valence electrons. The smallest absolute Gasteiger partial charge is 0.240 e. The standard InChI is InChI=1S/C19H29N3O/c1-15(2)22-10-6-9-18(19(22)23)21-13-11-20(12-14-21)17-8-5-4-7-16(17)3/h4-5,7-8,15,18H,6,9-14H2,1-3H3.